The molecule has 100 valence electrons. The quantitative estimate of drug-likeness (QED) is 0.636. The molecule has 1 unspecified atom stereocenters. The van der Waals surface area contributed by atoms with Crippen molar-refractivity contribution < 1.29 is 14.7 Å². The number of urea groups is 1. The average Bonchev–Trinajstić information content (AvgIpc) is 1.95. The van der Waals surface area contributed by atoms with Crippen molar-refractivity contribution >= 4 is 12.0 Å². The molecule has 0 spiro atoms. The molecule has 0 bridgehead atoms. The maximum Gasteiger partial charge on any atom is 0.315 e. The van der Waals surface area contributed by atoms with Gasteiger partial charge in [-0.15, -0.1) is 0 Å². The van der Waals surface area contributed by atoms with Crippen LogP contribution in [0.5, 0.6) is 0 Å². The van der Waals surface area contributed by atoms with Gasteiger partial charge in [0, 0.05) is 18.1 Å². The van der Waals surface area contributed by atoms with Crippen LogP contribution in [-0.4, -0.2) is 54.2 Å². The highest BCUT2D eigenvalue weighted by atomic mass is 16.4. The molecule has 0 saturated heterocycles. The summed E-state index contributed by atoms with van der Waals surface area (Å²) in [4.78, 5) is 24.1. The number of likely N-dealkylation sites (N-methyl/N-ethyl adjacent to an activating group) is 1. The van der Waals surface area contributed by atoms with Crippen LogP contribution in [0.15, 0.2) is 0 Å². The molecule has 2 amide bonds. The molecule has 0 aliphatic rings. The van der Waals surface area contributed by atoms with Gasteiger partial charge in [-0.2, -0.15) is 0 Å². The summed E-state index contributed by atoms with van der Waals surface area (Å²) in [6.45, 7) is 5.98. The van der Waals surface area contributed by atoms with E-state index in [2.05, 4.69) is 10.6 Å². The van der Waals surface area contributed by atoms with Crippen molar-refractivity contribution in [2.24, 2.45) is 0 Å². The number of rotatable bonds is 6. The van der Waals surface area contributed by atoms with Crippen LogP contribution in [0.1, 0.15) is 27.2 Å². The highest BCUT2D eigenvalue weighted by molar-refractivity contribution is 5.76. The molecule has 1 atom stereocenters. The van der Waals surface area contributed by atoms with Crippen LogP contribution in [0, 0.1) is 0 Å². The number of hydrogen-bond donors (Lipinski definition) is 3. The number of carboxylic acid groups (broad SMARTS) is 1. The number of nitrogens with one attached hydrogen (secondary N) is 2. The van der Waals surface area contributed by atoms with Gasteiger partial charge in [0.25, 0.3) is 0 Å². The van der Waals surface area contributed by atoms with Crippen LogP contribution in [0.4, 0.5) is 4.79 Å². The van der Waals surface area contributed by atoms with Gasteiger partial charge in [0.2, 0.25) is 0 Å². The van der Waals surface area contributed by atoms with E-state index in [1.54, 1.807) is 13.8 Å². The van der Waals surface area contributed by atoms with E-state index in [1.807, 2.05) is 25.9 Å². The highest BCUT2D eigenvalue weighted by Gasteiger charge is 2.24. The first-order valence-corrected chi connectivity index (χ1v) is 5.57. The van der Waals surface area contributed by atoms with Crippen molar-refractivity contribution in [3.63, 3.8) is 0 Å². The fourth-order valence-electron chi connectivity index (χ4n) is 1.58. The predicted molar refractivity (Wildman–Crippen MR) is 66.0 cm³/mol. The smallest absolute Gasteiger partial charge is 0.315 e. The molecule has 0 heterocycles. The van der Waals surface area contributed by atoms with Crippen LogP contribution >= 0.6 is 0 Å². The van der Waals surface area contributed by atoms with Crippen LogP contribution in [0.2, 0.25) is 0 Å². The molecule has 0 fully saturated rings. The Morgan fingerprint density at radius 1 is 1.35 bits per heavy atom. The normalized spacial score (nSPS) is 13.3. The van der Waals surface area contributed by atoms with E-state index in [0.717, 1.165) is 6.54 Å². The molecule has 0 aliphatic heterocycles. The Hall–Kier alpha value is -1.30. The molecule has 17 heavy (non-hydrogen) atoms. The summed E-state index contributed by atoms with van der Waals surface area (Å²) in [5.74, 6) is -0.934. The fraction of sp³-hybridized carbons (Fsp3) is 0.818. The lowest BCUT2D eigenvalue weighted by atomic mass is 10.0. The van der Waals surface area contributed by atoms with Gasteiger partial charge in [-0.05, 0) is 34.9 Å². The summed E-state index contributed by atoms with van der Waals surface area (Å²) in [5, 5.41) is 14.1. The predicted octanol–water partition coefficient (Wildman–Crippen LogP) is 0.489. The Morgan fingerprint density at radius 2 is 1.88 bits per heavy atom. The van der Waals surface area contributed by atoms with Crippen LogP contribution < -0.4 is 10.6 Å². The van der Waals surface area contributed by atoms with E-state index >= 15 is 0 Å². The zero-order valence-corrected chi connectivity index (χ0v) is 11.2. The Bertz CT molecular complexity index is 277. The van der Waals surface area contributed by atoms with Crippen molar-refractivity contribution in [2.45, 2.75) is 38.8 Å². The molecular weight excluding hydrogens is 222 g/mol. The second-order valence-corrected chi connectivity index (χ2v) is 5.22. The molecule has 3 N–H and O–H groups in total. The third-order valence-electron chi connectivity index (χ3n) is 2.06. The molecule has 0 rings (SSSR count). The molecule has 6 nitrogen and oxygen atoms in total. The number of aliphatic carboxylic acids is 1. The minimum atomic E-state index is -0.934. The van der Waals surface area contributed by atoms with E-state index in [9.17, 15) is 9.59 Å². The standard InChI is InChI=1S/C11H23N3O3/c1-8(7-14(4)5)12-10(17)13-11(2,3)6-9(15)16/h8H,6-7H2,1-5H3,(H,15,16)(H2,12,13,17). The Labute approximate surface area is 102 Å². The third-order valence-corrected chi connectivity index (χ3v) is 2.06. The van der Waals surface area contributed by atoms with E-state index in [-0.39, 0.29) is 18.5 Å². The van der Waals surface area contributed by atoms with Crippen LogP contribution in [0.3, 0.4) is 0 Å². The number of nitrogens with zero attached hydrogens (tertiary/aromatic N) is 1. The Morgan fingerprint density at radius 3 is 2.29 bits per heavy atom. The molecule has 6 heteroatoms. The van der Waals surface area contributed by atoms with E-state index in [4.69, 9.17) is 5.11 Å². The van der Waals surface area contributed by atoms with Crippen molar-refractivity contribution in [2.75, 3.05) is 20.6 Å². The van der Waals surface area contributed by atoms with Gasteiger partial charge in [-0.25, -0.2) is 4.79 Å². The second kappa shape index (κ2) is 6.44. The van der Waals surface area contributed by atoms with Gasteiger partial charge >= 0.3 is 12.0 Å². The number of carboxylic acids is 1. The summed E-state index contributed by atoms with van der Waals surface area (Å²) in [6.07, 6.45) is -0.109. The van der Waals surface area contributed by atoms with Gasteiger partial charge in [0.15, 0.2) is 0 Å². The molecular formula is C11H23N3O3. The zero-order valence-electron chi connectivity index (χ0n) is 11.2. The zero-order chi connectivity index (χ0) is 13.6. The monoisotopic (exact) mass is 245 g/mol. The summed E-state index contributed by atoms with van der Waals surface area (Å²) in [5.41, 5.74) is -0.756. The van der Waals surface area contributed by atoms with E-state index in [0.29, 0.717) is 0 Å². The minimum Gasteiger partial charge on any atom is -0.481 e. The second-order valence-electron chi connectivity index (χ2n) is 5.22. The maximum absolute atomic E-state index is 11.6. The average molecular weight is 245 g/mol. The SMILES string of the molecule is CC(CN(C)C)NC(=O)NC(C)(C)CC(=O)O. The highest BCUT2D eigenvalue weighted by Crippen LogP contribution is 2.07. The van der Waals surface area contributed by atoms with Crippen molar-refractivity contribution in [1.29, 1.82) is 0 Å². The lowest BCUT2D eigenvalue weighted by molar-refractivity contribution is -0.138. The summed E-state index contributed by atoms with van der Waals surface area (Å²) >= 11 is 0. The van der Waals surface area contributed by atoms with Crippen LogP contribution in [0.25, 0.3) is 0 Å². The van der Waals surface area contributed by atoms with E-state index in [1.165, 1.54) is 0 Å². The molecule has 0 radical (unpaired) electrons. The lowest BCUT2D eigenvalue weighted by Crippen LogP contribution is -2.52. The number of amides is 2. The molecule has 0 aromatic heterocycles. The van der Waals surface area contributed by atoms with E-state index < -0.39 is 11.5 Å². The first-order chi connectivity index (χ1) is 7.62. The number of carbonyl (C=O) groups is 2. The van der Waals surface area contributed by atoms with Gasteiger partial charge in [-0.1, -0.05) is 0 Å². The molecule has 0 aliphatic carbocycles. The van der Waals surface area contributed by atoms with Crippen molar-refractivity contribution in [3.8, 4) is 0 Å². The lowest BCUT2D eigenvalue weighted by Gasteiger charge is -2.26. The summed E-state index contributed by atoms with van der Waals surface area (Å²) in [7, 11) is 3.84. The third kappa shape index (κ3) is 8.50. The van der Waals surface area contributed by atoms with Gasteiger partial charge in [0.1, 0.15) is 0 Å². The largest absolute Gasteiger partial charge is 0.481 e. The maximum atomic E-state index is 11.6. The summed E-state index contributed by atoms with van der Waals surface area (Å²) < 4.78 is 0. The number of hydrogen-bond acceptors (Lipinski definition) is 3. The fourth-order valence-corrected chi connectivity index (χ4v) is 1.58. The molecule has 0 saturated carbocycles. The van der Waals surface area contributed by atoms with Crippen LogP contribution in [-0.2, 0) is 4.79 Å². The minimum absolute atomic E-state index is 0.00521. The van der Waals surface area contributed by atoms with Crippen molar-refractivity contribution in [3.05, 3.63) is 0 Å². The van der Waals surface area contributed by atoms with Gasteiger partial charge < -0.3 is 20.6 Å². The number of carbonyl (C=O) groups excluding carboxylic acids is 1. The first-order valence-electron chi connectivity index (χ1n) is 5.57. The van der Waals surface area contributed by atoms with Gasteiger partial charge in [0.05, 0.1) is 6.42 Å². The molecule has 0 aromatic carbocycles. The topological polar surface area (TPSA) is 81.7 Å². The van der Waals surface area contributed by atoms with Crippen molar-refractivity contribution in [1.82, 2.24) is 15.5 Å². The first kappa shape index (κ1) is 15.7. The van der Waals surface area contributed by atoms with Gasteiger partial charge in [-0.3, -0.25) is 4.79 Å². The summed E-state index contributed by atoms with van der Waals surface area (Å²) in [6, 6.07) is -0.337. The Kier molecular flexibility index (Phi) is 5.95. The Balaban J connectivity index is 4.12. The molecule has 0 aromatic rings.